The summed E-state index contributed by atoms with van der Waals surface area (Å²) in [6.07, 6.45) is -3.05. The van der Waals surface area contributed by atoms with Crippen molar-refractivity contribution in [2.45, 2.75) is 38.9 Å². The summed E-state index contributed by atoms with van der Waals surface area (Å²) in [7, 11) is 0. The van der Waals surface area contributed by atoms with E-state index >= 15 is 0 Å². The monoisotopic (exact) mass is 242 g/mol. The predicted molar refractivity (Wildman–Crippen MR) is 58.8 cm³/mol. The van der Waals surface area contributed by atoms with Crippen molar-refractivity contribution in [2.24, 2.45) is 5.73 Å². The Bertz CT molecular complexity index is 206. The van der Waals surface area contributed by atoms with Gasteiger partial charge in [0.05, 0.1) is 17.6 Å². The van der Waals surface area contributed by atoms with Crippen molar-refractivity contribution in [3.05, 3.63) is 0 Å². The third kappa shape index (κ3) is 5.94. The zero-order chi connectivity index (χ0) is 12.1. The molecule has 0 aromatic rings. The van der Waals surface area contributed by atoms with Gasteiger partial charge in [0.25, 0.3) is 0 Å². The molecule has 0 fully saturated rings. The maximum absolute atomic E-state index is 12.3. The smallest absolute Gasteiger partial charge is 0.392 e. The maximum Gasteiger partial charge on any atom is 0.401 e. The van der Waals surface area contributed by atoms with E-state index in [4.69, 9.17) is 18.0 Å². The molecule has 0 aliphatic rings. The molecule has 1 atom stereocenters. The lowest BCUT2D eigenvalue weighted by Gasteiger charge is -2.30. The summed E-state index contributed by atoms with van der Waals surface area (Å²) < 4.78 is 36.8. The zero-order valence-electron chi connectivity index (χ0n) is 8.97. The summed E-state index contributed by atoms with van der Waals surface area (Å²) in [4.78, 5) is 1.43. The second kappa shape index (κ2) is 6.27. The van der Waals surface area contributed by atoms with E-state index in [1.807, 2.05) is 6.92 Å². The molecule has 0 spiro atoms. The highest BCUT2D eigenvalue weighted by Gasteiger charge is 2.33. The van der Waals surface area contributed by atoms with E-state index in [0.717, 1.165) is 0 Å². The largest absolute Gasteiger partial charge is 0.401 e. The standard InChI is InChI=1S/C9H17F3N2S/c1-3-5-14(6-9(10,11)12)7(4-2)8(13)15/h7H,3-6H2,1-2H3,(H2,13,15). The summed E-state index contributed by atoms with van der Waals surface area (Å²) in [6, 6.07) is -0.457. The van der Waals surface area contributed by atoms with Crippen LogP contribution in [0.1, 0.15) is 26.7 Å². The van der Waals surface area contributed by atoms with Crippen molar-refractivity contribution in [1.82, 2.24) is 4.90 Å². The molecule has 90 valence electrons. The van der Waals surface area contributed by atoms with Crippen LogP contribution < -0.4 is 5.73 Å². The van der Waals surface area contributed by atoms with E-state index in [-0.39, 0.29) is 4.99 Å². The highest BCUT2D eigenvalue weighted by molar-refractivity contribution is 7.80. The van der Waals surface area contributed by atoms with Crippen LogP contribution in [0.25, 0.3) is 0 Å². The zero-order valence-corrected chi connectivity index (χ0v) is 9.79. The molecule has 0 aliphatic heterocycles. The highest BCUT2D eigenvalue weighted by atomic mass is 32.1. The minimum atomic E-state index is -4.20. The predicted octanol–water partition coefficient (Wildman–Crippen LogP) is 2.33. The van der Waals surface area contributed by atoms with Gasteiger partial charge in [-0.1, -0.05) is 26.1 Å². The van der Waals surface area contributed by atoms with E-state index < -0.39 is 18.8 Å². The van der Waals surface area contributed by atoms with Crippen molar-refractivity contribution < 1.29 is 13.2 Å². The maximum atomic E-state index is 12.3. The Hall–Kier alpha value is -0.360. The molecule has 2 nitrogen and oxygen atoms in total. The van der Waals surface area contributed by atoms with Gasteiger partial charge in [-0.3, -0.25) is 4.90 Å². The number of halogens is 3. The van der Waals surface area contributed by atoms with Crippen LogP contribution in [-0.4, -0.2) is 35.2 Å². The molecular formula is C9H17F3N2S. The molecule has 2 N–H and O–H groups in total. The topological polar surface area (TPSA) is 29.3 Å². The lowest BCUT2D eigenvalue weighted by Crippen LogP contribution is -2.47. The van der Waals surface area contributed by atoms with E-state index in [1.54, 1.807) is 6.92 Å². The second-order valence-electron chi connectivity index (χ2n) is 3.41. The molecule has 0 saturated heterocycles. The summed E-state index contributed by atoms with van der Waals surface area (Å²) in [5, 5.41) is 0. The Morgan fingerprint density at radius 1 is 1.40 bits per heavy atom. The van der Waals surface area contributed by atoms with Crippen LogP contribution in [0.5, 0.6) is 0 Å². The Kier molecular flexibility index (Phi) is 6.12. The van der Waals surface area contributed by atoms with Crippen molar-refractivity contribution in [3.8, 4) is 0 Å². The lowest BCUT2D eigenvalue weighted by molar-refractivity contribution is -0.148. The molecule has 0 amide bonds. The number of hydrogen-bond acceptors (Lipinski definition) is 2. The number of thiocarbonyl (C=S) groups is 1. The van der Waals surface area contributed by atoms with Gasteiger partial charge >= 0.3 is 6.18 Å². The normalized spacial score (nSPS) is 14.3. The van der Waals surface area contributed by atoms with Crippen LogP contribution in [0, 0.1) is 0 Å². The Morgan fingerprint density at radius 3 is 2.20 bits per heavy atom. The minimum Gasteiger partial charge on any atom is -0.392 e. The first kappa shape index (κ1) is 14.6. The third-order valence-electron chi connectivity index (χ3n) is 2.05. The van der Waals surface area contributed by atoms with E-state index in [0.29, 0.717) is 19.4 Å². The Morgan fingerprint density at radius 2 is 1.93 bits per heavy atom. The highest BCUT2D eigenvalue weighted by Crippen LogP contribution is 2.19. The number of nitrogens with two attached hydrogens (primary N) is 1. The fourth-order valence-corrected chi connectivity index (χ4v) is 1.82. The van der Waals surface area contributed by atoms with Gasteiger partial charge in [-0.15, -0.1) is 0 Å². The average Bonchev–Trinajstić information content (AvgIpc) is 2.01. The van der Waals surface area contributed by atoms with Crippen LogP contribution in [0.4, 0.5) is 13.2 Å². The van der Waals surface area contributed by atoms with Gasteiger partial charge in [-0.25, -0.2) is 0 Å². The van der Waals surface area contributed by atoms with Gasteiger partial charge in [-0.2, -0.15) is 13.2 Å². The summed E-state index contributed by atoms with van der Waals surface area (Å²) in [5.74, 6) is 0. The molecule has 0 aliphatic carbocycles. The van der Waals surface area contributed by atoms with Crippen molar-refractivity contribution in [3.63, 3.8) is 0 Å². The first-order chi connectivity index (χ1) is 6.81. The summed E-state index contributed by atoms with van der Waals surface area (Å²) in [6.45, 7) is 3.02. The van der Waals surface area contributed by atoms with Gasteiger partial charge in [-0.05, 0) is 19.4 Å². The van der Waals surface area contributed by atoms with Gasteiger partial charge in [0.15, 0.2) is 0 Å². The van der Waals surface area contributed by atoms with Crippen LogP contribution in [-0.2, 0) is 0 Å². The fourth-order valence-electron chi connectivity index (χ4n) is 1.50. The number of rotatable bonds is 6. The molecule has 0 aromatic carbocycles. The van der Waals surface area contributed by atoms with Crippen LogP contribution in [0.3, 0.4) is 0 Å². The molecule has 0 radical (unpaired) electrons. The van der Waals surface area contributed by atoms with Gasteiger partial charge in [0.2, 0.25) is 0 Å². The second-order valence-corrected chi connectivity index (χ2v) is 3.88. The van der Waals surface area contributed by atoms with Gasteiger partial charge in [0.1, 0.15) is 0 Å². The SMILES string of the molecule is CCCN(CC(F)(F)F)C(CC)C(N)=S. The quantitative estimate of drug-likeness (QED) is 0.725. The first-order valence-electron chi connectivity index (χ1n) is 4.92. The van der Waals surface area contributed by atoms with E-state index in [9.17, 15) is 13.2 Å². The van der Waals surface area contributed by atoms with Crippen LogP contribution >= 0.6 is 12.2 Å². The lowest BCUT2D eigenvalue weighted by atomic mass is 10.2. The average molecular weight is 242 g/mol. The number of alkyl halides is 3. The molecule has 6 heteroatoms. The van der Waals surface area contributed by atoms with Crippen LogP contribution in [0.2, 0.25) is 0 Å². The molecule has 1 unspecified atom stereocenters. The van der Waals surface area contributed by atoms with Crippen molar-refractivity contribution in [1.29, 1.82) is 0 Å². The molecule has 15 heavy (non-hydrogen) atoms. The molecular weight excluding hydrogens is 225 g/mol. The number of nitrogens with zero attached hydrogens (tertiary/aromatic N) is 1. The summed E-state index contributed by atoms with van der Waals surface area (Å²) in [5.41, 5.74) is 5.42. The van der Waals surface area contributed by atoms with Gasteiger partial charge < -0.3 is 5.73 Å². The molecule has 0 bridgehead atoms. The summed E-state index contributed by atoms with van der Waals surface area (Å²) >= 11 is 4.76. The third-order valence-corrected chi connectivity index (χ3v) is 2.32. The van der Waals surface area contributed by atoms with Crippen LogP contribution in [0.15, 0.2) is 0 Å². The van der Waals surface area contributed by atoms with Crippen molar-refractivity contribution >= 4 is 17.2 Å². The number of hydrogen-bond donors (Lipinski definition) is 1. The fraction of sp³-hybridized carbons (Fsp3) is 0.889. The minimum absolute atomic E-state index is 0.134. The Balaban J connectivity index is 4.55. The van der Waals surface area contributed by atoms with E-state index in [1.165, 1.54) is 4.90 Å². The molecule has 0 heterocycles. The molecule has 0 rings (SSSR count). The van der Waals surface area contributed by atoms with Crippen molar-refractivity contribution in [2.75, 3.05) is 13.1 Å². The Labute approximate surface area is 93.6 Å². The van der Waals surface area contributed by atoms with Gasteiger partial charge in [0, 0.05) is 0 Å². The molecule has 0 saturated carbocycles. The first-order valence-corrected chi connectivity index (χ1v) is 5.32. The molecule has 0 aromatic heterocycles. The van der Waals surface area contributed by atoms with E-state index in [2.05, 4.69) is 0 Å².